The molecule has 1 fully saturated rings. The molecule has 1 N–H and O–H groups in total. The van der Waals surface area contributed by atoms with Crippen LogP contribution in [-0.2, 0) is 0 Å². The highest BCUT2D eigenvalue weighted by Crippen LogP contribution is 2.30. The Morgan fingerprint density at radius 1 is 1.13 bits per heavy atom. The Morgan fingerprint density at radius 3 is 2.47 bits per heavy atom. The summed E-state index contributed by atoms with van der Waals surface area (Å²) in [4.78, 5) is 0. The van der Waals surface area contributed by atoms with E-state index >= 15 is 0 Å². The van der Waals surface area contributed by atoms with Crippen molar-refractivity contribution in [3.8, 4) is 0 Å². The summed E-state index contributed by atoms with van der Waals surface area (Å²) >= 11 is 5.50. The molecule has 0 unspecified atom stereocenters. The van der Waals surface area contributed by atoms with Crippen LogP contribution in [0.15, 0.2) is 12.1 Å². The Bertz CT molecular complexity index is 362. The summed E-state index contributed by atoms with van der Waals surface area (Å²) in [7, 11) is 0. The summed E-state index contributed by atoms with van der Waals surface area (Å²) in [6, 6.07) is 3.02. The van der Waals surface area contributed by atoms with Crippen LogP contribution in [0, 0.1) is 11.6 Å². The van der Waals surface area contributed by atoms with Gasteiger partial charge in [0.05, 0.1) is 5.02 Å². The van der Waals surface area contributed by atoms with E-state index in [4.69, 9.17) is 11.6 Å². The van der Waals surface area contributed by atoms with E-state index in [2.05, 4.69) is 5.32 Å². The molecule has 0 amide bonds. The normalized spacial score (nSPS) is 18.1. The van der Waals surface area contributed by atoms with Gasteiger partial charge in [-0.15, -0.1) is 0 Å². The van der Waals surface area contributed by atoms with Gasteiger partial charge in [-0.3, -0.25) is 0 Å². The van der Waals surface area contributed by atoms with Crippen molar-refractivity contribution in [2.24, 2.45) is 0 Å². The number of nitrogens with one attached hydrogen (secondary N) is 1. The molecule has 0 radical (unpaired) electrons. The van der Waals surface area contributed by atoms with E-state index in [1.165, 1.54) is 6.07 Å². The molecule has 1 heterocycles. The maximum atomic E-state index is 13.6. The first kappa shape index (κ1) is 10.8. The molecule has 0 atom stereocenters. The Balaban J connectivity index is 2.31. The van der Waals surface area contributed by atoms with Crippen molar-refractivity contribution >= 4 is 11.6 Å². The van der Waals surface area contributed by atoms with E-state index in [1.54, 1.807) is 6.07 Å². The monoisotopic (exact) mass is 231 g/mol. The van der Waals surface area contributed by atoms with E-state index in [-0.39, 0.29) is 10.9 Å². The van der Waals surface area contributed by atoms with Crippen molar-refractivity contribution in [2.75, 3.05) is 13.1 Å². The minimum Gasteiger partial charge on any atom is -0.317 e. The topological polar surface area (TPSA) is 12.0 Å². The molecule has 2 rings (SSSR count). The second-order valence-electron chi connectivity index (χ2n) is 3.79. The van der Waals surface area contributed by atoms with Crippen LogP contribution >= 0.6 is 11.6 Å². The molecule has 15 heavy (non-hydrogen) atoms. The maximum absolute atomic E-state index is 13.6. The first-order valence-corrected chi connectivity index (χ1v) is 5.42. The van der Waals surface area contributed by atoms with Crippen molar-refractivity contribution in [1.29, 1.82) is 0 Å². The fourth-order valence-corrected chi connectivity index (χ4v) is 2.14. The van der Waals surface area contributed by atoms with E-state index in [0.29, 0.717) is 5.56 Å². The number of piperidine rings is 1. The number of halogens is 3. The van der Waals surface area contributed by atoms with Crippen molar-refractivity contribution in [2.45, 2.75) is 18.8 Å². The molecule has 4 heteroatoms. The van der Waals surface area contributed by atoms with Crippen LogP contribution in [0.5, 0.6) is 0 Å². The van der Waals surface area contributed by atoms with Crippen molar-refractivity contribution in [3.05, 3.63) is 34.4 Å². The highest BCUT2D eigenvalue weighted by atomic mass is 35.5. The standard InChI is InChI=1S/C11H12ClF2N/c12-9-2-1-8(10(13)11(9)14)7-3-5-15-6-4-7/h1-2,7,15H,3-6H2. The Morgan fingerprint density at radius 2 is 1.80 bits per heavy atom. The van der Waals surface area contributed by atoms with Crippen LogP contribution in [0.4, 0.5) is 8.78 Å². The molecule has 1 aromatic carbocycles. The predicted molar refractivity (Wildman–Crippen MR) is 56.2 cm³/mol. The third-order valence-corrected chi connectivity index (χ3v) is 3.14. The zero-order chi connectivity index (χ0) is 10.8. The number of benzene rings is 1. The molecule has 1 nitrogen and oxygen atoms in total. The molecule has 0 bridgehead atoms. The fraction of sp³-hybridized carbons (Fsp3) is 0.455. The molecule has 1 aromatic rings. The summed E-state index contributed by atoms with van der Waals surface area (Å²) in [6.45, 7) is 1.71. The summed E-state index contributed by atoms with van der Waals surface area (Å²) in [5, 5.41) is 3.04. The molecule has 1 aliphatic rings. The third-order valence-electron chi connectivity index (χ3n) is 2.84. The van der Waals surface area contributed by atoms with Crippen LogP contribution in [0.2, 0.25) is 5.02 Å². The molecular weight excluding hydrogens is 220 g/mol. The maximum Gasteiger partial charge on any atom is 0.177 e. The molecule has 1 saturated heterocycles. The molecular formula is C11H12ClF2N. The van der Waals surface area contributed by atoms with Gasteiger partial charge in [0.1, 0.15) is 0 Å². The quantitative estimate of drug-likeness (QED) is 0.733. The van der Waals surface area contributed by atoms with Crippen molar-refractivity contribution < 1.29 is 8.78 Å². The van der Waals surface area contributed by atoms with E-state index in [1.807, 2.05) is 0 Å². The van der Waals surface area contributed by atoms with Crippen molar-refractivity contribution in [1.82, 2.24) is 5.32 Å². The van der Waals surface area contributed by atoms with Crippen LogP contribution in [-0.4, -0.2) is 13.1 Å². The van der Waals surface area contributed by atoms with Gasteiger partial charge in [-0.25, -0.2) is 8.78 Å². The van der Waals surface area contributed by atoms with E-state index in [9.17, 15) is 8.78 Å². The van der Waals surface area contributed by atoms with Crippen LogP contribution < -0.4 is 5.32 Å². The highest BCUT2D eigenvalue weighted by molar-refractivity contribution is 6.30. The van der Waals surface area contributed by atoms with Gasteiger partial charge >= 0.3 is 0 Å². The molecule has 0 aliphatic carbocycles. The lowest BCUT2D eigenvalue weighted by Gasteiger charge is -2.23. The second kappa shape index (κ2) is 4.45. The van der Waals surface area contributed by atoms with Gasteiger partial charge in [-0.1, -0.05) is 17.7 Å². The lowest BCUT2D eigenvalue weighted by Crippen LogP contribution is -2.27. The largest absolute Gasteiger partial charge is 0.317 e. The van der Waals surface area contributed by atoms with Gasteiger partial charge in [-0.2, -0.15) is 0 Å². The first-order chi connectivity index (χ1) is 7.20. The third kappa shape index (κ3) is 2.13. The fourth-order valence-electron chi connectivity index (χ4n) is 1.99. The minimum atomic E-state index is -0.923. The smallest absolute Gasteiger partial charge is 0.177 e. The summed E-state index contributed by atoms with van der Waals surface area (Å²) in [6.07, 6.45) is 1.69. The molecule has 1 aliphatic heterocycles. The predicted octanol–water partition coefficient (Wildman–Crippen LogP) is 3.09. The summed E-state index contributed by atoms with van der Waals surface area (Å²) < 4.78 is 26.8. The molecule has 82 valence electrons. The molecule has 0 aromatic heterocycles. The first-order valence-electron chi connectivity index (χ1n) is 5.04. The minimum absolute atomic E-state index is 0.109. The second-order valence-corrected chi connectivity index (χ2v) is 4.20. The average Bonchev–Trinajstić information content (AvgIpc) is 2.27. The van der Waals surface area contributed by atoms with Gasteiger partial charge in [0.15, 0.2) is 11.6 Å². The summed E-state index contributed by atoms with van der Waals surface area (Å²) in [5.74, 6) is -1.60. The van der Waals surface area contributed by atoms with Gasteiger partial charge in [0.2, 0.25) is 0 Å². The van der Waals surface area contributed by atoms with Gasteiger partial charge in [0.25, 0.3) is 0 Å². The molecule has 0 saturated carbocycles. The average molecular weight is 232 g/mol. The lowest BCUT2D eigenvalue weighted by atomic mass is 9.90. The Labute approximate surface area is 92.4 Å². The van der Waals surface area contributed by atoms with E-state index in [0.717, 1.165) is 25.9 Å². The van der Waals surface area contributed by atoms with Gasteiger partial charge in [0, 0.05) is 0 Å². The van der Waals surface area contributed by atoms with E-state index < -0.39 is 11.6 Å². The number of hydrogen-bond donors (Lipinski definition) is 1. The van der Waals surface area contributed by atoms with Crippen molar-refractivity contribution in [3.63, 3.8) is 0 Å². The number of hydrogen-bond acceptors (Lipinski definition) is 1. The zero-order valence-electron chi connectivity index (χ0n) is 8.19. The Kier molecular flexibility index (Phi) is 3.22. The lowest BCUT2D eigenvalue weighted by molar-refractivity contribution is 0.429. The van der Waals surface area contributed by atoms with Crippen LogP contribution in [0.25, 0.3) is 0 Å². The highest BCUT2D eigenvalue weighted by Gasteiger charge is 2.21. The van der Waals surface area contributed by atoms with Gasteiger partial charge < -0.3 is 5.32 Å². The Hall–Kier alpha value is -0.670. The van der Waals surface area contributed by atoms with Crippen LogP contribution in [0.1, 0.15) is 24.3 Å². The molecule has 0 spiro atoms. The van der Waals surface area contributed by atoms with Crippen LogP contribution in [0.3, 0.4) is 0 Å². The van der Waals surface area contributed by atoms with Gasteiger partial charge in [-0.05, 0) is 43.5 Å². The zero-order valence-corrected chi connectivity index (χ0v) is 8.95. The summed E-state index contributed by atoms with van der Waals surface area (Å²) in [5.41, 5.74) is 0.457. The number of rotatable bonds is 1. The SMILES string of the molecule is Fc1c(Cl)ccc(C2CCNCC2)c1F.